The van der Waals surface area contributed by atoms with Crippen LogP contribution in [0.4, 0.5) is 5.95 Å². The summed E-state index contributed by atoms with van der Waals surface area (Å²) in [5.41, 5.74) is 7.60. The van der Waals surface area contributed by atoms with Crippen molar-refractivity contribution in [2.24, 2.45) is 0 Å². The zero-order valence-electron chi connectivity index (χ0n) is 13.4. The third kappa shape index (κ3) is 4.60. The molecule has 3 rings (SSSR count). The lowest BCUT2D eigenvalue weighted by Crippen LogP contribution is -2.24. The van der Waals surface area contributed by atoms with Crippen LogP contribution in [0.1, 0.15) is 11.3 Å². The van der Waals surface area contributed by atoms with Crippen LogP contribution >= 0.6 is 11.8 Å². The highest BCUT2D eigenvalue weighted by atomic mass is 32.2. The molecule has 0 unspecified atom stereocenters. The summed E-state index contributed by atoms with van der Waals surface area (Å²) in [5.74, 6) is 1.20. The van der Waals surface area contributed by atoms with Gasteiger partial charge in [0.2, 0.25) is 11.9 Å². The van der Waals surface area contributed by atoms with Gasteiger partial charge in [0.05, 0.1) is 11.1 Å². The van der Waals surface area contributed by atoms with Gasteiger partial charge in [-0.1, -0.05) is 6.07 Å². The number of nitrogen functional groups attached to an aromatic ring is 1. The number of nitrogens with one attached hydrogen (secondary N) is 3. The first-order valence-electron chi connectivity index (χ1n) is 7.72. The molecule has 3 aromatic rings. The van der Waals surface area contributed by atoms with Crippen LogP contribution in [0.15, 0.2) is 35.4 Å². The van der Waals surface area contributed by atoms with Crippen molar-refractivity contribution >= 4 is 34.7 Å². The van der Waals surface area contributed by atoms with E-state index in [2.05, 4.69) is 25.3 Å². The van der Waals surface area contributed by atoms with E-state index in [1.807, 2.05) is 12.1 Å². The van der Waals surface area contributed by atoms with Gasteiger partial charge in [-0.05, 0) is 29.9 Å². The minimum Gasteiger partial charge on any atom is -0.369 e. The fraction of sp³-hybridized carbons (Fsp3) is 0.250. The number of nitrogens with two attached hydrogens (primary N) is 1. The topological polar surface area (TPSA) is 130 Å². The highest BCUT2D eigenvalue weighted by Gasteiger charge is 2.07. The maximum Gasteiger partial charge on any atom is 0.261 e. The first-order chi connectivity index (χ1) is 12.1. The van der Waals surface area contributed by atoms with Gasteiger partial charge in [-0.3, -0.25) is 19.6 Å². The summed E-state index contributed by atoms with van der Waals surface area (Å²) in [7, 11) is 0. The molecule has 8 nitrogen and oxygen atoms in total. The number of thioether (sulfide) groups is 1. The first-order valence-corrected chi connectivity index (χ1v) is 8.88. The minimum absolute atomic E-state index is 0.0172. The van der Waals surface area contributed by atoms with Crippen LogP contribution in [0.2, 0.25) is 0 Å². The van der Waals surface area contributed by atoms with E-state index in [9.17, 15) is 9.59 Å². The first kappa shape index (κ1) is 17.0. The number of H-pyrrole nitrogens is 2. The molecule has 0 aliphatic carbocycles. The molecule has 1 amide bonds. The van der Waals surface area contributed by atoms with E-state index >= 15 is 0 Å². The zero-order chi connectivity index (χ0) is 17.6. The number of carbonyl (C=O) groups is 1. The van der Waals surface area contributed by atoms with Gasteiger partial charge in [-0.25, -0.2) is 0 Å². The Balaban J connectivity index is 1.43. The highest BCUT2D eigenvalue weighted by molar-refractivity contribution is 7.99. The normalized spacial score (nSPS) is 10.9. The minimum atomic E-state index is -0.257. The lowest BCUT2D eigenvalue weighted by Gasteiger charge is -2.04. The third-order valence-corrected chi connectivity index (χ3v) is 4.49. The van der Waals surface area contributed by atoms with Crippen LogP contribution in [0, 0.1) is 0 Å². The predicted molar refractivity (Wildman–Crippen MR) is 98.2 cm³/mol. The number of fused-ring (bicyclic) bond motifs is 1. The Kier molecular flexibility index (Phi) is 5.34. The SMILES string of the molecule is Nc1nc2[nH]c(CCSCC(=O)NCc3cccnc3)cc2c(=O)[nH]1. The molecule has 130 valence electrons. The number of amides is 1. The molecule has 0 aliphatic heterocycles. The molecule has 0 saturated carbocycles. The standard InChI is InChI=1S/C16H18N6O2S/c17-16-21-14-12(15(24)22-16)6-11(20-14)3-5-25-9-13(23)19-8-10-2-1-4-18-7-10/h1-2,4,6-7H,3,5,8-9H2,(H,19,23)(H4,17,20,21,22,24). The second-order valence-electron chi connectivity index (χ2n) is 5.45. The molecule has 5 N–H and O–H groups in total. The predicted octanol–water partition coefficient (Wildman–Crippen LogP) is 0.820. The average Bonchev–Trinajstić information content (AvgIpc) is 3.01. The van der Waals surface area contributed by atoms with Gasteiger partial charge in [0.15, 0.2) is 0 Å². The quantitative estimate of drug-likeness (QED) is 0.463. The van der Waals surface area contributed by atoms with Gasteiger partial charge in [0.1, 0.15) is 5.65 Å². The number of pyridine rings is 1. The molecule has 0 spiro atoms. The maximum atomic E-state index is 11.8. The van der Waals surface area contributed by atoms with Crippen molar-refractivity contribution in [2.45, 2.75) is 13.0 Å². The number of nitrogens with zero attached hydrogens (tertiary/aromatic N) is 2. The number of hydrogen-bond donors (Lipinski definition) is 4. The van der Waals surface area contributed by atoms with Crippen molar-refractivity contribution < 1.29 is 4.79 Å². The number of carbonyl (C=O) groups excluding carboxylic acids is 1. The van der Waals surface area contributed by atoms with Crippen LogP contribution in [-0.2, 0) is 17.8 Å². The van der Waals surface area contributed by atoms with Crippen molar-refractivity contribution in [3.8, 4) is 0 Å². The Labute approximate surface area is 147 Å². The van der Waals surface area contributed by atoms with Crippen LogP contribution in [0.5, 0.6) is 0 Å². The molecule has 9 heteroatoms. The summed E-state index contributed by atoms with van der Waals surface area (Å²) in [4.78, 5) is 37.2. The van der Waals surface area contributed by atoms with Crippen molar-refractivity contribution in [1.29, 1.82) is 0 Å². The Hall–Kier alpha value is -2.81. The van der Waals surface area contributed by atoms with E-state index in [0.717, 1.165) is 17.0 Å². The Morgan fingerprint density at radius 3 is 3.04 bits per heavy atom. The second kappa shape index (κ2) is 7.84. The van der Waals surface area contributed by atoms with Crippen LogP contribution in [-0.4, -0.2) is 37.3 Å². The Bertz CT molecular complexity index is 921. The summed E-state index contributed by atoms with van der Waals surface area (Å²) < 4.78 is 0. The zero-order valence-corrected chi connectivity index (χ0v) is 14.2. The van der Waals surface area contributed by atoms with Crippen LogP contribution in [0.25, 0.3) is 11.0 Å². The van der Waals surface area contributed by atoms with Crippen molar-refractivity contribution in [1.82, 2.24) is 25.3 Å². The Morgan fingerprint density at radius 1 is 1.36 bits per heavy atom. The van der Waals surface area contributed by atoms with Gasteiger partial charge in [-0.2, -0.15) is 16.7 Å². The van der Waals surface area contributed by atoms with Gasteiger partial charge in [0.25, 0.3) is 5.56 Å². The Morgan fingerprint density at radius 2 is 2.24 bits per heavy atom. The lowest BCUT2D eigenvalue weighted by atomic mass is 10.3. The van der Waals surface area contributed by atoms with E-state index in [4.69, 9.17) is 5.73 Å². The van der Waals surface area contributed by atoms with E-state index in [1.165, 1.54) is 11.8 Å². The molecule has 0 aromatic carbocycles. The molecule has 0 radical (unpaired) electrons. The summed E-state index contributed by atoms with van der Waals surface area (Å²) in [6, 6.07) is 5.52. The van der Waals surface area contributed by atoms with E-state index < -0.39 is 0 Å². The number of aromatic nitrogens is 4. The van der Waals surface area contributed by atoms with E-state index in [0.29, 0.717) is 29.8 Å². The average molecular weight is 358 g/mol. The van der Waals surface area contributed by atoms with Crippen molar-refractivity contribution in [3.05, 3.63) is 52.2 Å². The molecule has 25 heavy (non-hydrogen) atoms. The van der Waals surface area contributed by atoms with Crippen molar-refractivity contribution in [2.75, 3.05) is 17.2 Å². The molecule has 0 atom stereocenters. The molecule has 3 heterocycles. The molecule has 0 aliphatic rings. The lowest BCUT2D eigenvalue weighted by molar-refractivity contribution is -0.118. The number of aryl methyl sites for hydroxylation is 1. The monoisotopic (exact) mass is 358 g/mol. The number of rotatable bonds is 7. The molecular weight excluding hydrogens is 340 g/mol. The van der Waals surface area contributed by atoms with Gasteiger partial charge in [0, 0.05) is 24.6 Å². The molecule has 0 bridgehead atoms. The summed E-state index contributed by atoms with van der Waals surface area (Å²) >= 11 is 1.53. The largest absolute Gasteiger partial charge is 0.369 e. The van der Waals surface area contributed by atoms with Crippen LogP contribution in [0.3, 0.4) is 0 Å². The number of anilines is 1. The van der Waals surface area contributed by atoms with Gasteiger partial charge in [-0.15, -0.1) is 0 Å². The molecule has 0 fully saturated rings. The number of hydrogen-bond acceptors (Lipinski definition) is 6. The maximum absolute atomic E-state index is 11.8. The summed E-state index contributed by atoms with van der Waals surface area (Å²) in [5, 5.41) is 3.35. The third-order valence-electron chi connectivity index (χ3n) is 3.53. The fourth-order valence-corrected chi connectivity index (χ4v) is 3.12. The van der Waals surface area contributed by atoms with Gasteiger partial charge >= 0.3 is 0 Å². The molecular formula is C16H18N6O2S. The number of aromatic amines is 2. The molecule has 0 saturated heterocycles. The van der Waals surface area contributed by atoms with Crippen LogP contribution < -0.4 is 16.6 Å². The highest BCUT2D eigenvalue weighted by Crippen LogP contribution is 2.12. The van der Waals surface area contributed by atoms with Gasteiger partial charge < -0.3 is 16.0 Å². The van der Waals surface area contributed by atoms with Crippen molar-refractivity contribution in [3.63, 3.8) is 0 Å². The summed E-state index contributed by atoms with van der Waals surface area (Å²) in [6.07, 6.45) is 4.13. The smallest absolute Gasteiger partial charge is 0.261 e. The second-order valence-corrected chi connectivity index (χ2v) is 6.55. The molecule has 3 aromatic heterocycles. The van der Waals surface area contributed by atoms with E-state index in [-0.39, 0.29) is 17.4 Å². The fourth-order valence-electron chi connectivity index (χ4n) is 2.33. The van der Waals surface area contributed by atoms with E-state index in [1.54, 1.807) is 18.5 Å². The summed E-state index contributed by atoms with van der Waals surface area (Å²) in [6.45, 7) is 0.477.